The summed E-state index contributed by atoms with van der Waals surface area (Å²) in [5, 5.41) is 15.1. The lowest BCUT2D eigenvalue weighted by molar-refractivity contribution is 0.302. The molecule has 124 valence electrons. The standard InChI is InChI=1S/C17H18ClN5O/c1-12-5-3-4-6-13(12)11-24-16-8-7-15(18)9-14(16)10-19-17-20-21-22-23(17)2/h3-9H,10-11H2,1-2H3,(H,19,20,22). The van der Waals surface area contributed by atoms with Gasteiger partial charge in [-0.3, -0.25) is 0 Å². The Morgan fingerprint density at radius 2 is 2.00 bits per heavy atom. The first kappa shape index (κ1) is 16.3. The van der Waals surface area contributed by atoms with E-state index < -0.39 is 0 Å². The Morgan fingerprint density at radius 1 is 1.17 bits per heavy atom. The molecule has 0 saturated carbocycles. The van der Waals surface area contributed by atoms with Gasteiger partial charge in [-0.25, -0.2) is 4.68 Å². The zero-order valence-corrected chi connectivity index (χ0v) is 14.3. The van der Waals surface area contributed by atoms with Gasteiger partial charge in [0.15, 0.2) is 0 Å². The van der Waals surface area contributed by atoms with Crippen LogP contribution in [0, 0.1) is 6.92 Å². The summed E-state index contributed by atoms with van der Waals surface area (Å²) in [6.07, 6.45) is 0. The van der Waals surface area contributed by atoms with E-state index in [1.54, 1.807) is 11.7 Å². The third-order valence-corrected chi connectivity index (χ3v) is 3.96. The van der Waals surface area contributed by atoms with Gasteiger partial charge in [0.25, 0.3) is 0 Å². The van der Waals surface area contributed by atoms with Gasteiger partial charge in [0, 0.05) is 24.2 Å². The second kappa shape index (κ2) is 7.31. The van der Waals surface area contributed by atoms with Crippen LogP contribution in [0.5, 0.6) is 5.75 Å². The van der Waals surface area contributed by atoms with E-state index in [4.69, 9.17) is 16.3 Å². The molecule has 1 N–H and O–H groups in total. The van der Waals surface area contributed by atoms with Gasteiger partial charge in [-0.2, -0.15) is 0 Å². The van der Waals surface area contributed by atoms with Crippen molar-refractivity contribution in [1.82, 2.24) is 20.2 Å². The first-order chi connectivity index (χ1) is 11.6. The van der Waals surface area contributed by atoms with E-state index in [1.807, 2.05) is 30.3 Å². The summed E-state index contributed by atoms with van der Waals surface area (Å²) in [6.45, 7) is 3.09. The quantitative estimate of drug-likeness (QED) is 0.743. The van der Waals surface area contributed by atoms with Gasteiger partial charge >= 0.3 is 0 Å². The Bertz CT molecular complexity index is 833. The average Bonchev–Trinajstić information content (AvgIpc) is 2.98. The highest BCUT2D eigenvalue weighted by molar-refractivity contribution is 6.30. The first-order valence-corrected chi connectivity index (χ1v) is 7.93. The molecule has 6 nitrogen and oxygen atoms in total. The number of rotatable bonds is 6. The van der Waals surface area contributed by atoms with E-state index in [9.17, 15) is 0 Å². The summed E-state index contributed by atoms with van der Waals surface area (Å²) in [4.78, 5) is 0. The molecule has 0 aliphatic carbocycles. The number of aromatic nitrogens is 4. The Morgan fingerprint density at radius 3 is 2.75 bits per heavy atom. The van der Waals surface area contributed by atoms with Gasteiger partial charge in [0.2, 0.25) is 5.95 Å². The number of nitrogens with one attached hydrogen (secondary N) is 1. The zero-order chi connectivity index (χ0) is 16.9. The van der Waals surface area contributed by atoms with E-state index in [2.05, 4.69) is 39.9 Å². The zero-order valence-electron chi connectivity index (χ0n) is 13.5. The molecule has 3 rings (SSSR count). The molecule has 0 fully saturated rings. The second-order valence-electron chi connectivity index (χ2n) is 5.45. The normalized spacial score (nSPS) is 10.6. The maximum Gasteiger partial charge on any atom is 0.242 e. The number of hydrogen-bond acceptors (Lipinski definition) is 5. The average molecular weight is 344 g/mol. The maximum atomic E-state index is 6.12. The summed E-state index contributed by atoms with van der Waals surface area (Å²) in [7, 11) is 1.77. The predicted octanol–water partition coefficient (Wildman–Crippen LogP) is 3.36. The summed E-state index contributed by atoms with van der Waals surface area (Å²) in [6, 6.07) is 13.8. The molecule has 0 aliphatic rings. The van der Waals surface area contributed by atoms with Crippen LogP contribution in [0.25, 0.3) is 0 Å². The van der Waals surface area contributed by atoms with Crippen molar-refractivity contribution in [2.75, 3.05) is 5.32 Å². The Kier molecular flexibility index (Phi) is 4.96. The van der Waals surface area contributed by atoms with Crippen molar-refractivity contribution in [3.8, 4) is 5.75 Å². The van der Waals surface area contributed by atoms with Crippen LogP contribution in [0.1, 0.15) is 16.7 Å². The van der Waals surface area contributed by atoms with E-state index in [-0.39, 0.29) is 0 Å². The lowest BCUT2D eigenvalue weighted by Gasteiger charge is -2.14. The van der Waals surface area contributed by atoms with Crippen LogP contribution in [-0.4, -0.2) is 20.2 Å². The fourth-order valence-electron chi connectivity index (χ4n) is 2.31. The largest absolute Gasteiger partial charge is 0.489 e. The summed E-state index contributed by atoms with van der Waals surface area (Å²) < 4.78 is 7.57. The highest BCUT2D eigenvalue weighted by Gasteiger charge is 2.08. The minimum atomic E-state index is 0.507. The molecule has 24 heavy (non-hydrogen) atoms. The van der Waals surface area contributed by atoms with Crippen LogP contribution < -0.4 is 10.1 Å². The van der Waals surface area contributed by atoms with Crippen molar-refractivity contribution < 1.29 is 4.74 Å². The fraction of sp³-hybridized carbons (Fsp3) is 0.235. The minimum Gasteiger partial charge on any atom is -0.489 e. The molecular formula is C17H18ClN5O. The lowest BCUT2D eigenvalue weighted by atomic mass is 10.1. The summed E-state index contributed by atoms with van der Waals surface area (Å²) in [5.41, 5.74) is 3.30. The SMILES string of the molecule is Cc1ccccc1COc1ccc(Cl)cc1CNc1nnnn1C. The molecule has 1 heterocycles. The molecule has 7 heteroatoms. The molecule has 0 unspecified atom stereocenters. The summed E-state index contributed by atoms with van der Waals surface area (Å²) >= 11 is 6.12. The number of tetrazole rings is 1. The van der Waals surface area contributed by atoms with Crippen LogP contribution in [0.2, 0.25) is 5.02 Å². The maximum absolute atomic E-state index is 6.12. The van der Waals surface area contributed by atoms with Crippen molar-refractivity contribution in [2.45, 2.75) is 20.1 Å². The Balaban J connectivity index is 1.73. The molecule has 2 aromatic carbocycles. The highest BCUT2D eigenvalue weighted by atomic mass is 35.5. The number of halogens is 1. The molecule has 0 amide bonds. The van der Waals surface area contributed by atoms with E-state index in [1.165, 1.54) is 5.56 Å². The molecule has 0 saturated heterocycles. The van der Waals surface area contributed by atoms with E-state index in [0.717, 1.165) is 16.9 Å². The van der Waals surface area contributed by atoms with Crippen molar-refractivity contribution in [3.05, 3.63) is 64.2 Å². The fourth-order valence-corrected chi connectivity index (χ4v) is 2.50. The van der Waals surface area contributed by atoms with Crippen LogP contribution in [0.3, 0.4) is 0 Å². The topological polar surface area (TPSA) is 64.9 Å². The summed E-state index contributed by atoms with van der Waals surface area (Å²) in [5.74, 6) is 1.37. The third-order valence-electron chi connectivity index (χ3n) is 3.72. The molecular weight excluding hydrogens is 326 g/mol. The van der Waals surface area contributed by atoms with Crippen molar-refractivity contribution >= 4 is 17.5 Å². The molecule has 0 spiro atoms. The monoisotopic (exact) mass is 343 g/mol. The molecule has 1 aromatic heterocycles. The van der Waals surface area contributed by atoms with Gasteiger partial charge in [0.05, 0.1) is 0 Å². The smallest absolute Gasteiger partial charge is 0.242 e. The van der Waals surface area contributed by atoms with Crippen molar-refractivity contribution in [1.29, 1.82) is 0 Å². The number of ether oxygens (including phenoxy) is 1. The van der Waals surface area contributed by atoms with E-state index in [0.29, 0.717) is 24.1 Å². The van der Waals surface area contributed by atoms with Crippen LogP contribution in [0.4, 0.5) is 5.95 Å². The number of benzene rings is 2. The van der Waals surface area contributed by atoms with Crippen LogP contribution in [0.15, 0.2) is 42.5 Å². The highest BCUT2D eigenvalue weighted by Crippen LogP contribution is 2.25. The molecule has 0 atom stereocenters. The van der Waals surface area contributed by atoms with Gasteiger partial charge in [-0.1, -0.05) is 41.0 Å². The lowest BCUT2D eigenvalue weighted by Crippen LogP contribution is -2.08. The molecule has 0 aliphatic heterocycles. The number of anilines is 1. The minimum absolute atomic E-state index is 0.507. The van der Waals surface area contributed by atoms with Gasteiger partial charge < -0.3 is 10.1 Å². The number of hydrogen-bond donors (Lipinski definition) is 1. The van der Waals surface area contributed by atoms with Gasteiger partial charge in [-0.15, -0.1) is 0 Å². The molecule has 0 bridgehead atoms. The number of nitrogens with zero attached hydrogens (tertiary/aromatic N) is 4. The third kappa shape index (κ3) is 3.83. The van der Waals surface area contributed by atoms with E-state index >= 15 is 0 Å². The van der Waals surface area contributed by atoms with Crippen molar-refractivity contribution in [2.24, 2.45) is 7.05 Å². The molecule has 3 aromatic rings. The Labute approximate surface area is 145 Å². The predicted molar refractivity (Wildman–Crippen MR) is 93.1 cm³/mol. The Hall–Kier alpha value is -2.60. The number of aryl methyl sites for hydroxylation is 2. The van der Waals surface area contributed by atoms with Crippen molar-refractivity contribution in [3.63, 3.8) is 0 Å². The second-order valence-corrected chi connectivity index (χ2v) is 5.88. The first-order valence-electron chi connectivity index (χ1n) is 7.55. The van der Waals surface area contributed by atoms with Crippen LogP contribution in [-0.2, 0) is 20.2 Å². The van der Waals surface area contributed by atoms with Crippen LogP contribution >= 0.6 is 11.6 Å². The molecule has 0 radical (unpaired) electrons. The van der Waals surface area contributed by atoms with Gasteiger partial charge in [-0.05, 0) is 46.7 Å². The van der Waals surface area contributed by atoms with Gasteiger partial charge in [0.1, 0.15) is 12.4 Å².